The number of amides is 2. The molecule has 0 spiro atoms. The molecule has 1 aromatic carbocycles. The fourth-order valence-corrected chi connectivity index (χ4v) is 4.09. The first kappa shape index (κ1) is 26.2. The first-order valence-corrected chi connectivity index (χ1v) is 12.2. The predicted octanol–water partition coefficient (Wildman–Crippen LogP) is 2.55. The third kappa shape index (κ3) is 9.20. The van der Waals surface area contributed by atoms with E-state index < -0.39 is 12.6 Å². The summed E-state index contributed by atoms with van der Waals surface area (Å²) in [4.78, 5) is 37.4. The lowest BCUT2D eigenvalue weighted by molar-refractivity contribution is -0.138. The molecule has 1 saturated heterocycles. The van der Waals surface area contributed by atoms with E-state index in [-0.39, 0.29) is 30.6 Å². The first-order chi connectivity index (χ1) is 15.5. The maximum Gasteiger partial charge on any atom is 0.242 e. The van der Waals surface area contributed by atoms with Gasteiger partial charge in [0.2, 0.25) is 11.8 Å². The second-order valence-corrected chi connectivity index (χ2v) is 8.61. The summed E-state index contributed by atoms with van der Waals surface area (Å²) < 4.78 is 5.47. The Hall–Kier alpha value is -2.06. The van der Waals surface area contributed by atoms with Gasteiger partial charge < -0.3 is 20.1 Å². The molecule has 0 aromatic heterocycles. The smallest absolute Gasteiger partial charge is 0.242 e. The Bertz CT molecular complexity index is 727. The van der Waals surface area contributed by atoms with Crippen molar-refractivity contribution < 1.29 is 24.2 Å². The van der Waals surface area contributed by atoms with Crippen LogP contribution >= 0.6 is 12.6 Å². The highest BCUT2D eigenvalue weighted by Crippen LogP contribution is 2.18. The van der Waals surface area contributed by atoms with E-state index in [1.165, 1.54) is 43.4 Å². The number of thiol groups is 1. The topological polar surface area (TPSA) is 95.9 Å². The number of aliphatic hydroxyl groups is 1. The average Bonchev–Trinajstić information content (AvgIpc) is 3.32. The minimum Gasteiger partial charge on any atom is -0.493 e. The number of aliphatic hydroxyl groups excluding tert-OH is 1. The Balaban J connectivity index is 0.000000520. The molecule has 1 saturated carbocycles. The number of carbonyl (C=O) groups excluding carboxylic acids is 3. The molecule has 1 atom stereocenters. The lowest BCUT2D eigenvalue weighted by atomic mass is 10.0. The van der Waals surface area contributed by atoms with Gasteiger partial charge in [0.25, 0.3) is 0 Å². The number of ether oxygens (including phenoxy) is 1. The normalized spacial score (nSPS) is 17.8. The first-order valence-electron chi connectivity index (χ1n) is 11.6. The molecular weight excluding hydrogens is 428 g/mol. The van der Waals surface area contributed by atoms with Crippen LogP contribution in [0, 0.1) is 0 Å². The minimum absolute atomic E-state index is 0.129. The summed E-state index contributed by atoms with van der Waals surface area (Å²) in [5.41, 5.74) is 0.779. The molecule has 0 radical (unpaired) electrons. The van der Waals surface area contributed by atoms with Crippen molar-refractivity contribution in [3.05, 3.63) is 29.8 Å². The van der Waals surface area contributed by atoms with Crippen LogP contribution in [0.5, 0.6) is 5.75 Å². The van der Waals surface area contributed by atoms with Crippen molar-refractivity contribution in [2.24, 2.45) is 0 Å². The van der Waals surface area contributed by atoms with E-state index in [4.69, 9.17) is 9.84 Å². The van der Waals surface area contributed by atoms with E-state index in [1.54, 1.807) is 18.2 Å². The van der Waals surface area contributed by atoms with E-state index >= 15 is 0 Å². The van der Waals surface area contributed by atoms with Gasteiger partial charge in [0, 0.05) is 12.3 Å². The van der Waals surface area contributed by atoms with Gasteiger partial charge in [-0.05, 0) is 30.5 Å². The van der Waals surface area contributed by atoms with Crippen molar-refractivity contribution in [3.8, 4) is 5.75 Å². The van der Waals surface area contributed by atoms with Crippen LogP contribution in [0.15, 0.2) is 24.3 Å². The molecule has 1 aromatic rings. The monoisotopic (exact) mass is 464 g/mol. The molecule has 7 nitrogen and oxygen atoms in total. The maximum atomic E-state index is 12.3. The molecule has 1 aliphatic carbocycles. The molecule has 32 heavy (non-hydrogen) atoms. The Morgan fingerprint density at radius 3 is 2.41 bits per heavy atom. The van der Waals surface area contributed by atoms with Crippen LogP contribution < -0.4 is 10.1 Å². The Morgan fingerprint density at radius 2 is 1.78 bits per heavy atom. The Morgan fingerprint density at radius 1 is 1.09 bits per heavy atom. The number of nitrogens with one attached hydrogen (secondary N) is 1. The summed E-state index contributed by atoms with van der Waals surface area (Å²) in [6.07, 6.45) is 10.4. The summed E-state index contributed by atoms with van der Waals surface area (Å²) in [7, 11) is 0. The van der Waals surface area contributed by atoms with Crippen molar-refractivity contribution >= 4 is 30.2 Å². The molecule has 178 valence electrons. The van der Waals surface area contributed by atoms with Gasteiger partial charge in [0.05, 0.1) is 25.6 Å². The molecule has 1 unspecified atom stereocenters. The highest BCUT2D eigenvalue weighted by atomic mass is 32.1. The lowest BCUT2D eigenvalue weighted by Gasteiger charge is -2.23. The summed E-state index contributed by atoms with van der Waals surface area (Å²) in [6, 6.07) is 6.62. The van der Waals surface area contributed by atoms with Crippen molar-refractivity contribution in [2.75, 3.05) is 32.1 Å². The molecule has 3 rings (SSSR count). The highest BCUT2D eigenvalue weighted by molar-refractivity contribution is 7.80. The fourth-order valence-electron chi connectivity index (χ4n) is 4.00. The van der Waals surface area contributed by atoms with Gasteiger partial charge in [0.1, 0.15) is 12.4 Å². The van der Waals surface area contributed by atoms with Crippen LogP contribution in [0.2, 0.25) is 0 Å². The zero-order valence-corrected chi connectivity index (χ0v) is 19.7. The zero-order valence-electron chi connectivity index (χ0n) is 18.8. The van der Waals surface area contributed by atoms with Crippen LogP contribution in [0.25, 0.3) is 0 Å². The third-order valence-electron chi connectivity index (χ3n) is 5.66. The molecule has 1 heterocycles. The molecule has 8 heteroatoms. The van der Waals surface area contributed by atoms with Crippen molar-refractivity contribution in [2.45, 2.75) is 63.8 Å². The summed E-state index contributed by atoms with van der Waals surface area (Å²) in [6.45, 7) is 0.211. The summed E-state index contributed by atoms with van der Waals surface area (Å²) in [5, 5.41) is 11.6. The Kier molecular flexibility index (Phi) is 12.2. The molecule has 2 amide bonds. The van der Waals surface area contributed by atoms with Gasteiger partial charge in [-0.3, -0.25) is 14.4 Å². The van der Waals surface area contributed by atoms with Crippen LogP contribution in [0.1, 0.15) is 56.9 Å². The Labute approximate surface area is 196 Å². The maximum absolute atomic E-state index is 12.3. The minimum atomic E-state index is -0.579. The van der Waals surface area contributed by atoms with Gasteiger partial charge in [-0.15, -0.1) is 0 Å². The number of hydrogen-bond donors (Lipinski definition) is 3. The van der Waals surface area contributed by atoms with E-state index in [9.17, 15) is 14.4 Å². The number of rotatable bonds is 9. The number of ketones is 1. The molecular formula is C24H36N2O5S. The van der Waals surface area contributed by atoms with E-state index in [0.717, 1.165) is 12.0 Å². The largest absolute Gasteiger partial charge is 0.493 e. The van der Waals surface area contributed by atoms with E-state index in [0.29, 0.717) is 31.1 Å². The van der Waals surface area contributed by atoms with Gasteiger partial charge in [-0.2, -0.15) is 12.6 Å². The number of hydrogen-bond acceptors (Lipinski definition) is 6. The van der Waals surface area contributed by atoms with Crippen LogP contribution in [-0.4, -0.2) is 65.7 Å². The molecule has 2 aliphatic rings. The van der Waals surface area contributed by atoms with Gasteiger partial charge in [-0.1, -0.05) is 50.7 Å². The molecule has 0 bridgehead atoms. The second-order valence-electron chi connectivity index (χ2n) is 8.16. The van der Waals surface area contributed by atoms with Crippen molar-refractivity contribution in [1.29, 1.82) is 0 Å². The summed E-state index contributed by atoms with van der Waals surface area (Å²) in [5.74, 6) is 0.314. The van der Waals surface area contributed by atoms with E-state index in [1.807, 2.05) is 6.07 Å². The summed E-state index contributed by atoms with van der Waals surface area (Å²) >= 11 is 4.08. The number of Topliss-reactive ketones (excluding diaryl/α,β-unsaturated/α-hetero) is 1. The molecule has 2 N–H and O–H groups in total. The standard InChI is InChI=1S/C18H24N2O5S.C6H12/c21-12-16(22)15-5-2-6-20(15)18(24)11-19-17(23)10-13-3-1-4-14(9-13)25-7-8-26;1-2-4-6-5-3-1/h1,3-4,9,15,21,26H,2,5-8,10-12H2,(H,19,23);1-6H2. The lowest BCUT2D eigenvalue weighted by Crippen LogP contribution is -2.46. The van der Waals surface area contributed by atoms with Crippen LogP contribution in [-0.2, 0) is 20.8 Å². The van der Waals surface area contributed by atoms with Crippen molar-refractivity contribution in [3.63, 3.8) is 0 Å². The number of nitrogens with zero attached hydrogens (tertiary/aromatic N) is 1. The van der Waals surface area contributed by atoms with Crippen molar-refractivity contribution in [1.82, 2.24) is 10.2 Å². The predicted molar refractivity (Wildman–Crippen MR) is 127 cm³/mol. The van der Waals surface area contributed by atoms with Crippen LogP contribution in [0.3, 0.4) is 0 Å². The number of likely N-dealkylation sites (tertiary alicyclic amines) is 1. The number of carbonyl (C=O) groups is 3. The average molecular weight is 465 g/mol. The van der Waals surface area contributed by atoms with Crippen LogP contribution in [0.4, 0.5) is 0 Å². The van der Waals surface area contributed by atoms with E-state index in [2.05, 4.69) is 17.9 Å². The quantitative estimate of drug-likeness (QED) is 0.488. The molecule has 2 fully saturated rings. The zero-order chi connectivity index (χ0) is 23.2. The third-order valence-corrected chi connectivity index (χ3v) is 5.84. The number of benzene rings is 1. The fraction of sp³-hybridized carbons (Fsp3) is 0.625. The highest BCUT2D eigenvalue weighted by Gasteiger charge is 2.33. The SMILES string of the molecule is C1CCCCC1.O=C(Cc1cccc(OCCS)c1)NCC(=O)N1CCCC1C(=O)CO. The van der Waals surface area contributed by atoms with Gasteiger partial charge in [-0.25, -0.2) is 0 Å². The van der Waals surface area contributed by atoms with Gasteiger partial charge in [0.15, 0.2) is 5.78 Å². The van der Waals surface area contributed by atoms with Gasteiger partial charge >= 0.3 is 0 Å². The second kappa shape index (κ2) is 14.9. The molecule has 1 aliphatic heterocycles.